The van der Waals surface area contributed by atoms with Crippen molar-refractivity contribution in [3.63, 3.8) is 0 Å². The summed E-state index contributed by atoms with van der Waals surface area (Å²) in [4.78, 5) is 30.2. The maximum absolute atomic E-state index is 10.1. The fourth-order valence-corrected chi connectivity index (χ4v) is 0.248. The number of Topliss-reactive ketones (excluding diaryl/α,β-unsaturated/α-hetero) is 3. The van der Waals surface area contributed by atoms with E-state index in [1.54, 1.807) is 0 Å². The zero-order valence-corrected chi connectivity index (χ0v) is 7.64. The van der Waals surface area contributed by atoms with E-state index in [1.807, 2.05) is 0 Å². The molecule has 0 rings (SSSR count). The topological polar surface area (TPSA) is 51.2 Å². The Bertz CT molecular complexity index is 134. The maximum Gasteiger partial charge on any atom is 0.263 e. The summed E-state index contributed by atoms with van der Waals surface area (Å²) in [5.74, 6) is -2.32. The second-order valence-electron chi connectivity index (χ2n) is 1.44. The molecule has 0 spiro atoms. The van der Waals surface area contributed by atoms with Gasteiger partial charge in [0.15, 0.2) is 0 Å². The van der Waals surface area contributed by atoms with E-state index in [9.17, 15) is 14.4 Å². The molecule has 0 saturated carbocycles. The summed E-state index contributed by atoms with van der Waals surface area (Å²) in [6, 6.07) is 0. The minimum absolute atomic E-state index is 0. The van der Waals surface area contributed by atoms with Crippen molar-refractivity contribution >= 4 is 55.1 Å². The average molecular weight is 154 g/mol. The molecule has 2 radical (unpaired) electrons. The Labute approximate surface area is 82.8 Å². The third kappa shape index (κ3) is 4.75. The van der Waals surface area contributed by atoms with Crippen LogP contribution in [0.4, 0.5) is 0 Å². The van der Waals surface area contributed by atoms with Crippen molar-refractivity contribution in [1.29, 1.82) is 0 Å². The van der Waals surface area contributed by atoms with Crippen LogP contribution < -0.4 is 0 Å². The first-order valence-electron chi connectivity index (χ1n) is 2.11. The van der Waals surface area contributed by atoms with Crippen LogP contribution in [0.1, 0.15) is 13.8 Å². The smallest absolute Gasteiger partial charge is 0.263 e. The molecule has 0 aromatic rings. The molecule has 0 amide bonds. The number of rotatable bonds is 2. The van der Waals surface area contributed by atoms with Gasteiger partial charge in [-0.2, -0.15) is 0 Å². The van der Waals surface area contributed by atoms with E-state index >= 15 is 0 Å². The van der Waals surface area contributed by atoms with Crippen LogP contribution >= 0.6 is 0 Å². The van der Waals surface area contributed by atoms with Crippen molar-refractivity contribution < 1.29 is 14.4 Å². The number of hydrogen-bond donors (Lipinski definition) is 0. The molecule has 0 aromatic heterocycles. The molecule has 0 atom stereocenters. The molecule has 0 aliphatic carbocycles. The van der Waals surface area contributed by atoms with Gasteiger partial charge in [0.2, 0.25) is 11.6 Å². The first-order valence-corrected chi connectivity index (χ1v) is 2.11. The Hall–Kier alpha value is 0.270. The van der Waals surface area contributed by atoms with E-state index < -0.39 is 17.3 Å². The second-order valence-corrected chi connectivity index (χ2v) is 1.44. The standard InChI is InChI=1S/C5H6O3.Ca/c1-3(6)5(8)4(2)7;/h1-2H3;. The Morgan fingerprint density at radius 1 is 0.889 bits per heavy atom. The monoisotopic (exact) mass is 154 g/mol. The van der Waals surface area contributed by atoms with Crippen LogP contribution in [0.3, 0.4) is 0 Å². The van der Waals surface area contributed by atoms with Crippen LogP contribution in [0.15, 0.2) is 0 Å². The van der Waals surface area contributed by atoms with E-state index in [4.69, 9.17) is 0 Å². The predicted octanol–water partition coefficient (Wildman–Crippen LogP) is -0.647. The summed E-state index contributed by atoms with van der Waals surface area (Å²) in [6.07, 6.45) is 0. The Balaban J connectivity index is 0. The largest absolute Gasteiger partial charge is 0.291 e. The van der Waals surface area contributed by atoms with E-state index in [-0.39, 0.29) is 37.7 Å². The number of hydrogen-bond acceptors (Lipinski definition) is 3. The van der Waals surface area contributed by atoms with Gasteiger partial charge in [-0.1, -0.05) is 0 Å². The van der Waals surface area contributed by atoms with Gasteiger partial charge in [0.1, 0.15) is 0 Å². The van der Waals surface area contributed by atoms with Crippen molar-refractivity contribution in [2.75, 3.05) is 0 Å². The molecule has 0 N–H and O–H groups in total. The molecule has 0 fully saturated rings. The average Bonchev–Trinajstić information content (AvgIpc) is 1.64. The zero-order valence-electron chi connectivity index (χ0n) is 5.43. The third-order valence-electron chi connectivity index (χ3n) is 0.640. The molecular weight excluding hydrogens is 148 g/mol. The summed E-state index contributed by atoms with van der Waals surface area (Å²) in [5, 5.41) is 0. The van der Waals surface area contributed by atoms with Gasteiger partial charge >= 0.3 is 0 Å². The van der Waals surface area contributed by atoms with Crippen molar-refractivity contribution in [2.24, 2.45) is 0 Å². The summed E-state index contributed by atoms with van der Waals surface area (Å²) >= 11 is 0. The summed E-state index contributed by atoms with van der Waals surface area (Å²) in [5.41, 5.74) is 0. The molecule has 9 heavy (non-hydrogen) atoms. The minimum atomic E-state index is -0.926. The van der Waals surface area contributed by atoms with Crippen LogP contribution in [-0.4, -0.2) is 55.1 Å². The van der Waals surface area contributed by atoms with Crippen molar-refractivity contribution in [2.45, 2.75) is 13.8 Å². The zero-order chi connectivity index (χ0) is 6.73. The Kier molecular flexibility index (Phi) is 6.78. The first-order chi connectivity index (χ1) is 3.55. The van der Waals surface area contributed by atoms with Crippen LogP contribution in [0, 0.1) is 0 Å². The van der Waals surface area contributed by atoms with E-state index in [2.05, 4.69) is 0 Å². The van der Waals surface area contributed by atoms with Gasteiger partial charge in [0.25, 0.3) is 5.78 Å². The predicted molar refractivity (Wildman–Crippen MR) is 32.1 cm³/mol. The summed E-state index contributed by atoms with van der Waals surface area (Å²) in [7, 11) is 0. The maximum atomic E-state index is 10.1. The van der Waals surface area contributed by atoms with E-state index in [0.717, 1.165) is 13.8 Å². The summed E-state index contributed by atoms with van der Waals surface area (Å²) in [6.45, 7) is 2.15. The molecule has 46 valence electrons. The fraction of sp³-hybridized carbons (Fsp3) is 0.400. The Morgan fingerprint density at radius 3 is 1.11 bits per heavy atom. The van der Waals surface area contributed by atoms with Gasteiger partial charge in [-0.15, -0.1) is 0 Å². The third-order valence-corrected chi connectivity index (χ3v) is 0.640. The van der Waals surface area contributed by atoms with Crippen LogP contribution in [-0.2, 0) is 14.4 Å². The van der Waals surface area contributed by atoms with Gasteiger partial charge < -0.3 is 0 Å². The van der Waals surface area contributed by atoms with E-state index in [1.165, 1.54) is 0 Å². The Morgan fingerprint density at radius 2 is 1.11 bits per heavy atom. The van der Waals surface area contributed by atoms with Crippen LogP contribution in [0.5, 0.6) is 0 Å². The number of carbonyl (C=O) groups is 3. The SMILES string of the molecule is CC(=O)C(=O)C(C)=O.[Ca]. The molecule has 4 heteroatoms. The molecule has 0 bridgehead atoms. The molecule has 0 aliphatic rings. The number of ketones is 3. The molecule has 0 saturated heterocycles. The van der Waals surface area contributed by atoms with E-state index in [0.29, 0.717) is 0 Å². The fourth-order valence-electron chi connectivity index (χ4n) is 0.248. The molecule has 0 unspecified atom stereocenters. The molecule has 0 heterocycles. The molecule has 3 nitrogen and oxygen atoms in total. The van der Waals surface area contributed by atoms with Gasteiger partial charge in [-0.05, 0) is 0 Å². The van der Waals surface area contributed by atoms with Gasteiger partial charge in [-0.3, -0.25) is 14.4 Å². The van der Waals surface area contributed by atoms with Gasteiger partial charge in [0.05, 0.1) is 0 Å². The van der Waals surface area contributed by atoms with Crippen molar-refractivity contribution in [3.8, 4) is 0 Å². The quantitative estimate of drug-likeness (QED) is 0.302. The first kappa shape index (κ1) is 12.0. The summed E-state index contributed by atoms with van der Waals surface area (Å²) < 4.78 is 0. The molecule has 0 aliphatic heterocycles. The van der Waals surface area contributed by atoms with Crippen molar-refractivity contribution in [3.05, 3.63) is 0 Å². The van der Waals surface area contributed by atoms with Crippen LogP contribution in [0.25, 0.3) is 0 Å². The van der Waals surface area contributed by atoms with Gasteiger partial charge in [-0.25, -0.2) is 0 Å². The molecular formula is C5H6CaO3. The van der Waals surface area contributed by atoms with Crippen LogP contribution in [0.2, 0.25) is 0 Å². The minimum Gasteiger partial charge on any atom is -0.291 e. The molecule has 0 aromatic carbocycles. The second kappa shape index (κ2) is 5.09. The number of carbonyl (C=O) groups excluding carboxylic acids is 3. The van der Waals surface area contributed by atoms with Crippen molar-refractivity contribution in [1.82, 2.24) is 0 Å². The van der Waals surface area contributed by atoms with Gasteiger partial charge in [0, 0.05) is 51.6 Å². The normalized spacial score (nSPS) is 7.33.